The van der Waals surface area contributed by atoms with Crippen LogP contribution in [0.3, 0.4) is 0 Å². The number of fused-ring (bicyclic) bond motifs is 5. The lowest BCUT2D eigenvalue weighted by Crippen LogP contribution is -2.52. The fourth-order valence-electron chi connectivity index (χ4n) is 8.15. The van der Waals surface area contributed by atoms with E-state index >= 15 is 0 Å². The summed E-state index contributed by atoms with van der Waals surface area (Å²) in [7, 11) is -3.62. The van der Waals surface area contributed by atoms with Crippen LogP contribution < -0.4 is 4.83 Å². The number of sulfonamides is 1. The second kappa shape index (κ2) is 7.60. The second-order valence-electron chi connectivity index (χ2n) is 11.4. The number of rotatable bonds is 3. The molecular weight excluding hydrogens is 404 g/mol. The summed E-state index contributed by atoms with van der Waals surface area (Å²) >= 11 is 0. The molecule has 4 saturated carbocycles. The highest BCUT2D eigenvalue weighted by Crippen LogP contribution is 2.65. The Bertz CT molecular complexity index is 970. The number of hydrogen-bond donors (Lipinski definition) is 1. The second-order valence-corrected chi connectivity index (χ2v) is 13.0. The summed E-state index contributed by atoms with van der Waals surface area (Å²) in [4.78, 5) is 2.87. The molecule has 1 aromatic carbocycles. The summed E-state index contributed by atoms with van der Waals surface area (Å²) in [5.41, 5.74) is 2.72. The fourth-order valence-corrected chi connectivity index (χ4v) is 8.98. The van der Waals surface area contributed by atoms with Crippen LogP contribution >= 0.6 is 0 Å². The molecule has 0 saturated heterocycles. The Morgan fingerprint density at radius 3 is 2.48 bits per heavy atom. The highest BCUT2D eigenvalue weighted by molar-refractivity contribution is 7.89. The molecule has 0 bridgehead atoms. The molecule has 1 aromatic rings. The van der Waals surface area contributed by atoms with Gasteiger partial charge < -0.3 is 0 Å². The molecule has 4 aliphatic rings. The van der Waals surface area contributed by atoms with Crippen molar-refractivity contribution in [2.75, 3.05) is 0 Å². The third-order valence-electron chi connectivity index (χ3n) is 9.96. The highest BCUT2D eigenvalue weighted by Gasteiger charge is 2.59. The van der Waals surface area contributed by atoms with Gasteiger partial charge in [0.1, 0.15) is 0 Å². The minimum atomic E-state index is -3.62. The van der Waals surface area contributed by atoms with Crippen LogP contribution in [-0.2, 0) is 10.0 Å². The molecule has 0 aromatic heterocycles. The third kappa shape index (κ3) is 3.46. The SMILES string of the molecule is Cc1ccc(S(=O)(=O)N/N=C2\CCC3C4CCC5CCCCC5(C)C4CCC23C)cc1. The number of hydrazone groups is 1. The van der Waals surface area contributed by atoms with Gasteiger partial charge in [-0.15, -0.1) is 0 Å². The number of aryl methyl sites for hydroxylation is 1. The molecule has 6 unspecified atom stereocenters. The maximum absolute atomic E-state index is 12.8. The van der Waals surface area contributed by atoms with Crippen molar-refractivity contribution in [3.05, 3.63) is 29.8 Å². The van der Waals surface area contributed by atoms with Crippen LogP contribution in [0.4, 0.5) is 0 Å². The summed E-state index contributed by atoms with van der Waals surface area (Å²) < 4.78 is 25.5. The summed E-state index contributed by atoms with van der Waals surface area (Å²) in [6.07, 6.45) is 13.0. The predicted molar refractivity (Wildman–Crippen MR) is 125 cm³/mol. The van der Waals surface area contributed by atoms with E-state index in [1.165, 1.54) is 51.4 Å². The lowest BCUT2D eigenvalue weighted by Gasteiger charge is -2.59. The zero-order valence-corrected chi connectivity index (χ0v) is 20.2. The molecule has 170 valence electrons. The van der Waals surface area contributed by atoms with Gasteiger partial charge in [-0.25, -0.2) is 4.83 Å². The molecule has 0 radical (unpaired) electrons. The van der Waals surface area contributed by atoms with Crippen molar-refractivity contribution < 1.29 is 8.42 Å². The maximum Gasteiger partial charge on any atom is 0.276 e. The van der Waals surface area contributed by atoms with Crippen molar-refractivity contribution in [2.24, 2.45) is 39.6 Å². The van der Waals surface area contributed by atoms with Gasteiger partial charge in [-0.2, -0.15) is 13.5 Å². The van der Waals surface area contributed by atoms with E-state index in [4.69, 9.17) is 0 Å². The number of hydrogen-bond acceptors (Lipinski definition) is 3. The van der Waals surface area contributed by atoms with Crippen LogP contribution in [0, 0.1) is 41.4 Å². The molecular formula is C26H38N2O2S. The monoisotopic (exact) mass is 442 g/mol. The number of nitrogens with one attached hydrogen (secondary N) is 1. The number of benzene rings is 1. The van der Waals surface area contributed by atoms with Crippen LogP contribution in [0.1, 0.15) is 83.6 Å². The van der Waals surface area contributed by atoms with E-state index in [0.717, 1.165) is 41.9 Å². The van der Waals surface area contributed by atoms with Gasteiger partial charge in [0.25, 0.3) is 10.0 Å². The standard InChI is InChI=1S/C26H38N2O2S/c1-18-7-10-20(11-8-18)31(29,30)28-27-24-14-13-22-21-12-9-19-6-4-5-16-25(19,2)23(21)15-17-26(22,24)3/h7-8,10-11,19,21-23,28H,4-6,9,12-17H2,1-3H3/b27-24+. The first kappa shape index (κ1) is 21.5. The lowest BCUT2D eigenvalue weighted by atomic mass is 9.45. The van der Waals surface area contributed by atoms with Crippen molar-refractivity contribution in [1.82, 2.24) is 4.83 Å². The predicted octanol–water partition coefficient (Wildman–Crippen LogP) is 6.06. The van der Waals surface area contributed by atoms with Gasteiger partial charge in [0.05, 0.1) is 4.90 Å². The first-order valence-corrected chi connectivity index (χ1v) is 13.9. The molecule has 0 spiro atoms. The zero-order chi connectivity index (χ0) is 21.9. The first-order chi connectivity index (χ1) is 14.7. The molecule has 0 heterocycles. The fraction of sp³-hybridized carbons (Fsp3) is 0.731. The Labute approximate surface area is 188 Å². The summed E-state index contributed by atoms with van der Waals surface area (Å²) in [6.45, 7) is 6.94. The quantitative estimate of drug-likeness (QED) is 0.578. The Balaban J connectivity index is 1.36. The summed E-state index contributed by atoms with van der Waals surface area (Å²) in [5, 5.41) is 4.56. The average molecular weight is 443 g/mol. The molecule has 4 aliphatic carbocycles. The Morgan fingerprint density at radius 1 is 0.935 bits per heavy atom. The van der Waals surface area contributed by atoms with E-state index in [0.29, 0.717) is 11.3 Å². The smallest absolute Gasteiger partial charge is 0.200 e. The van der Waals surface area contributed by atoms with Crippen LogP contribution in [0.5, 0.6) is 0 Å². The van der Waals surface area contributed by atoms with Crippen molar-refractivity contribution in [3.63, 3.8) is 0 Å². The Hall–Kier alpha value is -1.36. The lowest BCUT2D eigenvalue weighted by molar-refractivity contribution is -0.0936. The zero-order valence-electron chi connectivity index (χ0n) is 19.4. The van der Waals surface area contributed by atoms with E-state index in [9.17, 15) is 8.42 Å². The molecule has 6 atom stereocenters. The largest absolute Gasteiger partial charge is 0.276 e. The summed E-state index contributed by atoms with van der Waals surface area (Å²) in [6, 6.07) is 6.98. The molecule has 5 heteroatoms. The van der Waals surface area contributed by atoms with Crippen molar-refractivity contribution in [3.8, 4) is 0 Å². The minimum absolute atomic E-state index is 0.0504. The summed E-state index contributed by atoms with van der Waals surface area (Å²) in [5.74, 6) is 3.24. The van der Waals surface area contributed by atoms with E-state index in [2.05, 4.69) is 23.8 Å². The third-order valence-corrected chi connectivity index (χ3v) is 11.2. The minimum Gasteiger partial charge on any atom is -0.200 e. The molecule has 5 rings (SSSR count). The van der Waals surface area contributed by atoms with Gasteiger partial charge >= 0.3 is 0 Å². The van der Waals surface area contributed by atoms with Gasteiger partial charge in [0.15, 0.2) is 0 Å². The molecule has 1 N–H and O–H groups in total. The van der Waals surface area contributed by atoms with E-state index in [1.54, 1.807) is 12.1 Å². The van der Waals surface area contributed by atoms with Gasteiger partial charge in [-0.1, -0.05) is 44.4 Å². The van der Waals surface area contributed by atoms with Crippen LogP contribution in [0.2, 0.25) is 0 Å². The van der Waals surface area contributed by atoms with E-state index < -0.39 is 10.0 Å². The molecule has 4 nitrogen and oxygen atoms in total. The molecule has 0 aliphatic heterocycles. The topological polar surface area (TPSA) is 58.5 Å². The van der Waals surface area contributed by atoms with Gasteiger partial charge in [-0.3, -0.25) is 0 Å². The van der Waals surface area contributed by atoms with E-state index in [-0.39, 0.29) is 10.3 Å². The molecule has 0 amide bonds. The van der Waals surface area contributed by atoms with Gasteiger partial charge in [0, 0.05) is 11.1 Å². The van der Waals surface area contributed by atoms with Crippen LogP contribution in [-0.4, -0.2) is 14.1 Å². The molecule has 4 fully saturated rings. The Kier molecular flexibility index (Phi) is 5.27. The van der Waals surface area contributed by atoms with Crippen LogP contribution in [0.15, 0.2) is 34.3 Å². The number of nitrogens with zero attached hydrogens (tertiary/aromatic N) is 1. The average Bonchev–Trinajstić information content (AvgIpc) is 3.08. The van der Waals surface area contributed by atoms with Crippen molar-refractivity contribution in [2.45, 2.75) is 89.9 Å². The van der Waals surface area contributed by atoms with Crippen molar-refractivity contribution >= 4 is 15.7 Å². The highest BCUT2D eigenvalue weighted by atomic mass is 32.2. The maximum atomic E-state index is 12.8. The van der Waals surface area contributed by atoms with Crippen molar-refractivity contribution in [1.29, 1.82) is 0 Å². The normalized spacial score (nSPS) is 41.3. The van der Waals surface area contributed by atoms with Crippen LogP contribution in [0.25, 0.3) is 0 Å². The van der Waals surface area contributed by atoms with Gasteiger partial charge in [0.2, 0.25) is 0 Å². The first-order valence-electron chi connectivity index (χ1n) is 12.4. The van der Waals surface area contributed by atoms with E-state index in [1.807, 2.05) is 19.1 Å². The molecule has 31 heavy (non-hydrogen) atoms. The Morgan fingerprint density at radius 2 is 1.71 bits per heavy atom. The van der Waals surface area contributed by atoms with Gasteiger partial charge in [-0.05, 0) is 99.5 Å².